The number of unbranched alkanes of at least 4 members (excludes halogenated alkanes) is 1. The van der Waals surface area contributed by atoms with E-state index in [1.807, 2.05) is 24.3 Å². The van der Waals surface area contributed by atoms with Gasteiger partial charge in [0, 0.05) is 33.9 Å². The lowest BCUT2D eigenvalue weighted by atomic mass is 9.92. The second-order valence-corrected chi connectivity index (χ2v) is 13.2. The van der Waals surface area contributed by atoms with Gasteiger partial charge >= 0.3 is 0 Å². The fourth-order valence-corrected chi connectivity index (χ4v) is 6.87. The largest absolute Gasteiger partial charge is 0.356 e. The number of benzene rings is 2. The Kier molecular flexibility index (Phi) is 8.56. The van der Waals surface area contributed by atoms with E-state index < -0.39 is 15.4 Å². The minimum absolute atomic E-state index is 0.0336. The number of carbonyl (C=O) groups excluding carboxylic acids is 2. The molecule has 12 heteroatoms. The van der Waals surface area contributed by atoms with Crippen LogP contribution in [0, 0.1) is 0 Å². The minimum Gasteiger partial charge on any atom is -0.356 e. The second-order valence-electron chi connectivity index (χ2n) is 9.31. The third kappa shape index (κ3) is 5.78. The van der Waals surface area contributed by atoms with Crippen molar-refractivity contribution in [1.82, 2.24) is 14.9 Å². The molecule has 0 aliphatic carbocycles. The molecule has 38 heavy (non-hydrogen) atoms. The fourth-order valence-electron chi connectivity index (χ4n) is 4.53. The Morgan fingerprint density at radius 2 is 1.76 bits per heavy atom. The summed E-state index contributed by atoms with van der Waals surface area (Å²) in [4.78, 5) is 31.3. The van der Waals surface area contributed by atoms with Crippen molar-refractivity contribution in [2.75, 3.05) is 17.2 Å². The van der Waals surface area contributed by atoms with Crippen molar-refractivity contribution in [3.63, 3.8) is 0 Å². The number of hydrogen-bond donors (Lipinski definition) is 1. The molecule has 1 aromatic heterocycles. The average molecular weight is 642 g/mol. The highest BCUT2D eigenvalue weighted by Gasteiger charge is 2.51. The van der Waals surface area contributed by atoms with Gasteiger partial charge < -0.3 is 5.32 Å². The van der Waals surface area contributed by atoms with Gasteiger partial charge in [0.15, 0.2) is 14.9 Å². The Balaban J connectivity index is 1.73. The van der Waals surface area contributed by atoms with Crippen molar-refractivity contribution in [2.24, 2.45) is 0 Å². The molecule has 2 heterocycles. The molecule has 0 fully saturated rings. The summed E-state index contributed by atoms with van der Waals surface area (Å²) in [6.45, 7) is 3.87. The number of sulfone groups is 1. The number of aromatic nitrogens is 2. The van der Waals surface area contributed by atoms with Crippen LogP contribution in [0.15, 0.2) is 58.2 Å². The van der Waals surface area contributed by atoms with Crippen LogP contribution in [0.2, 0.25) is 10.0 Å². The number of halogens is 3. The summed E-state index contributed by atoms with van der Waals surface area (Å²) in [7, 11) is -3.81. The number of rotatable bonds is 10. The van der Waals surface area contributed by atoms with Crippen LogP contribution in [0.3, 0.4) is 0 Å². The average Bonchev–Trinajstić information content (AvgIpc) is 3.38. The number of nitrogens with one attached hydrogen (secondary N) is 1. The summed E-state index contributed by atoms with van der Waals surface area (Å²) in [6.07, 6.45) is 2.76. The Morgan fingerprint density at radius 3 is 2.39 bits per heavy atom. The van der Waals surface area contributed by atoms with Crippen molar-refractivity contribution in [1.29, 1.82) is 0 Å². The lowest BCUT2D eigenvalue weighted by Gasteiger charge is -2.26. The Bertz CT molecular complexity index is 1460. The predicted molar refractivity (Wildman–Crippen MR) is 152 cm³/mol. The molecular formula is C26H27BrCl2N4O4S. The molecule has 1 aliphatic rings. The Morgan fingerprint density at radius 1 is 1.11 bits per heavy atom. The topological polar surface area (TPSA) is 101 Å². The number of fused-ring (bicyclic) bond motifs is 1. The molecule has 1 unspecified atom stereocenters. The van der Waals surface area contributed by atoms with Gasteiger partial charge in [-0.1, -0.05) is 58.2 Å². The van der Waals surface area contributed by atoms with Crippen LogP contribution < -0.4 is 10.2 Å². The van der Waals surface area contributed by atoms with Gasteiger partial charge in [0.2, 0.25) is 11.9 Å². The third-order valence-electron chi connectivity index (χ3n) is 6.44. The van der Waals surface area contributed by atoms with Gasteiger partial charge in [-0.15, -0.1) is 0 Å². The summed E-state index contributed by atoms with van der Waals surface area (Å²) < 4.78 is 29.4. The molecule has 3 aromatic rings. The summed E-state index contributed by atoms with van der Waals surface area (Å²) >= 11 is 15.9. The van der Waals surface area contributed by atoms with Crippen molar-refractivity contribution in [3.05, 3.63) is 68.7 Å². The second kappa shape index (κ2) is 11.4. The van der Waals surface area contributed by atoms with Crippen molar-refractivity contribution < 1.29 is 18.0 Å². The van der Waals surface area contributed by atoms with Crippen molar-refractivity contribution >= 4 is 72.4 Å². The maximum atomic E-state index is 14.0. The predicted octanol–water partition coefficient (Wildman–Crippen LogP) is 5.67. The molecule has 1 atom stereocenters. The van der Waals surface area contributed by atoms with Crippen molar-refractivity contribution in [2.45, 2.75) is 50.1 Å². The van der Waals surface area contributed by atoms with Gasteiger partial charge in [0.1, 0.15) is 5.54 Å². The molecule has 2 aromatic carbocycles. The number of nitrogens with zero attached hydrogens (tertiary/aromatic N) is 3. The maximum absolute atomic E-state index is 14.0. The molecule has 4 rings (SSSR count). The number of imidazole rings is 1. The molecule has 202 valence electrons. The quantitative estimate of drug-likeness (QED) is 0.288. The van der Waals surface area contributed by atoms with E-state index in [1.54, 1.807) is 32.0 Å². The van der Waals surface area contributed by atoms with Crippen LogP contribution in [0.4, 0.5) is 11.6 Å². The van der Waals surface area contributed by atoms with E-state index in [1.165, 1.54) is 15.7 Å². The van der Waals surface area contributed by atoms with E-state index in [9.17, 15) is 18.0 Å². The maximum Gasteiger partial charge on any atom is 0.260 e. The lowest BCUT2D eigenvalue weighted by molar-refractivity contribution is -0.124. The minimum atomic E-state index is -3.81. The standard InChI is InChI=1S/C26H27BrCl2N4O4S/c1-3-22(34)30-10-4-5-11-38(36,37)23-16-31-25-32(21-13-19(28)12-20(29)14-21)24(35)26(2,33(23)25)15-17-6-8-18(27)9-7-17/h6-9,12-14,16H,3-5,10-11,15H2,1-2H3,(H,30,34). The molecule has 0 saturated heterocycles. The molecule has 1 aliphatic heterocycles. The van der Waals surface area contributed by atoms with Gasteiger partial charge in [-0.2, -0.15) is 0 Å². The van der Waals surface area contributed by atoms with Crippen LogP contribution in [-0.2, 0) is 31.4 Å². The van der Waals surface area contributed by atoms with E-state index >= 15 is 0 Å². The first-order valence-corrected chi connectivity index (χ1v) is 15.3. The first kappa shape index (κ1) is 28.6. The molecule has 8 nitrogen and oxygen atoms in total. The zero-order valence-electron chi connectivity index (χ0n) is 20.9. The highest BCUT2D eigenvalue weighted by atomic mass is 79.9. The van der Waals surface area contributed by atoms with E-state index in [2.05, 4.69) is 26.2 Å². The van der Waals surface area contributed by atoms with E-state index in [-0.39, 0.29) is 35.0 Å². The van der Waals surface area contributed by atoms with Gasteiger partial charge in [0.25, 0.3) is 5.91 Å². The summed E-state index contributed by atoms with van der Waals surface area (Å²) in [5, 5.41) is 3.39. The molecule has 0 radical (unpaired) electrons. The van der Waals surface area contributed by atoms with Crippen LogP contribution >= 0.6 is 39.1 Å². The SMILES string of the molecule is CCC(=O)NCCCCS(=O)(=O)c1cnc2n1C(C)(Cc1ccc(Br)cc1)C(=O)N2c1cc(Cl)cc(Cl)c1. The number of hydrogen-bond acceptors (Lipinski definition) is 5. The lowest BCUT2D eigenvalue weighted by Crippen LogP contribution is -2.42. The number of carbonyl (C=O) groups is 2. The monoisotopic (exact) mass is 640 g/mol. The van der Waals surface area contributed by atoms with E-state index in [4.69, 9.17) is 23.2 Å². The summed E-state index contributed by atoms with van der Waals surface area (Å²) in [5.41, 5.74) is -0.0365. The molecule has 2 amide bonds. The Labute approximate surface area is 240 Å². The van der Waals surface area contributed by atoms with Crippen LogP contribution in [0.25, 0.3) is 0 Å². The fraction of sp³-hybridized carbons (Fsp3) is 0.346. The zero-order chi connectivity index (χ0) is 27.7. The number of anilines is 2. The van der Waals surface area contributed by atoms with Crippen LogP contribution in [0.5, 0.6) is 0 Å². The smallest absolute Gasteiger partial charge is 0.260 e. The third-order valence-corrected chi connectivity index (χ3v) is 9.15. The Hall–Kier alpha value is -2.40. The highest BCUT2D eigenvalue weighted by Crippen LogP contribution is 2.44. The zero-order valence-corrected chi connectivity index (χ0v) is 24.8. The molecular weight excluding hydrogens is 615 g/mol. The molecule has 0 saturated carbocycles. The summed E-state index contributed by atoms with van der Waals surface area (Å²) in [5.74, 6) is -0.390. The van der Waals surface area contributed by atoms with E-state index in [0.29, 0.717) is 41.5 Å². The first-order valence-electron chi connectivity index (χ1n) is 12.1. The first-order chi connectivity index (χ1) is 18.0. The van der Waals surface area contributed by atoms with Crippen LogP contribution in [-0.4, -0.2) is 42.1 Å². The normalized spacial score (nSPS) is 17.1. The van der Waals surface area contributed by atoms with E-state index in [0.717, 1.165) is 10.0 Å². The molecule has 1 N–H and O–H groups in total. The van der Waals surface area contributed by atoms with Gasteiger partial charge in [-0.25, -0.2) is 18.3 Å². The van der Waals surface area contributed by atoms with Crippen molar-refractivity contribution in [3.8, 4) is 0 Å². The van der Waals surface area contributed by atoms with Crippen LogP contribution in [0.1, 0.15) is 38.7 Å². The highest BCUT2D eigenvalue weighted by molar-refractivity contribution is 9.10. The molecule has 0 bridgehead atoms. The van der Waals surface area contributed by atoms with Gasteiger partial charge in [-0.05, 0) is 55.7 Å². The molecule has 0 spiro atoms. The van der Waals surface area contributed by atoms with Gasteiger partial charge in [-0.3, -0.25) is 14.2 Å². The summed E-state index contributed by atoms with van der Waals surface area (Å²) in [6, 6.07) is 12.3. The number of amides is 2. The van der Waals surface area contributed by atoms with Gasteiger partial charge in [0.05, 0.1) is 17.6 Å².